The van der Waals surface area contributed by atoms with Gasteiger partial charge in [-0.05, 0) is 16.3 Å². The van der Waals surface area contributed by atoms with Gasteiger partial charge in [-0.1, -0.05) is 42.5 Å². The van der Waals surface area contributed by atoms with E-state index in [2.05, 4.69) is 0 Å². The maximum absolute atomic E-state index is 10.8. The van der Waals surface area contributed by atoms with E-state index in [1.807, 2.05) is 48.5 Å². The van der Waals surface area contributed by atoms with E-state index < -0.39 is 5.92 Å². The summed E-state index contributed by atoms with van der Waals surface area (Å²) < 4.78 is 0. The smallest absolute Gasteiger partial charge is 0.141 e. The summed E-state index contributed by atoms with van der Waals surface area (Å²) in [5, 5.41) is 10.9. The average Bonchev–Trinajstić information content (AvgIpc) is 2.31. The summed E-state index contributed by atoms with van der Waals surface area (Å²) >= 11 is 0. The minimum atomic E-state index is -0.670. The second kappa shape index (κ2) is 3.93. The van der Waals surface area contributed by atoms with Gasteiger partial charge in [0, 0.05) is 0 Å². The zero-order valence-corrected chi connectivity index (χ0v) is 8.05. The molecule has 2 heteroatoms. The van der Waals surface area contributed by atoms with Gasteiger partial charge in [-0.3, -0.25) is 0 Å². The number of nitriles is 1. The number of carbonyl (C=O) groups is 1. The molecule has 0 saturated carbocycles. The Morgan fingerprint density at radius 2 is 1.87 bits per heavy atom. The highest BCUT2D eigenvalue weighted by molar-refractivity contribution is 5.89. The van der Waals surface area contributed by atoms with Crippen LogP contribution in [0.25, 0.3) is 10.8 Å². The normalized spacial score (nSPS) is 11.9. The van der Waals surface area contributed by atoms with Crippen LogP contribution in [0.3, 0.4) is 0 Å². The molecule has 0 saturated heterocycles. The van der Waals surface area contributed by atoms with E-state index in [1.54, 1.807) is 0 Å². The number of aldehydes is 1. The van der Waals surface area contributed by atoms with Gasteiger partial charge in [0.15, 0.2) is 0 Å². The van der Waals surface area contributed by atoms with E-state index in [1.165, 1.54) is 0 Å². The molecule has 0 fully saturated rings. The summed E-state index contributed by atoms with van der Waals surface area (Å²) in [6.07, 6.45) is 0.682. The Bertz CT molecular complexity index is 534. The molecule has 2 nitrogen and oxygen atoms in total. The van der Waals surface area contributed by atoms with E-state index in [-0.39, 0.29) is 0 Å². The minimum absolute atomic E-state index is 0.670. The number of rotatable bonds is 2. The molecule has 0 aromatic heterocycles. The molecular formula is C13H9NO. The standard InChI is InChI=1S/C13H9NO/c14-8-11(9-15)13-7-3-5-10-4-1-2-6-12(10)13/h1-7,9,11H. The Kier molecular flexibility index (Phi) is 2.47. The van der Waals surface area contributed by atoms with Gasteiger partial charge < -0.3 is 4.79 Å². The Morgan fingerprint density at radius 3 is 2.60 bits per heavy atom. The molecule has 72 valence electrons. The summed E-state index contributed by atoms with van der Waals surface area (Å²) in [5.74, 6) is -0.670. The van der Waals surface area contributed by atoms with Gasteiger partial charge in [-0.15, -0.1) is 0 Å². The van der Waals surface area contributed by atoms with Gasteiger partial charge in [0.25, 0.3) is 0 Å². The molecule has 0 N–H and O–H groups in total. The van der Waals surface area contributed by atoms with Crippen molar-refractivity contribution in [1.29, 1.82) is 5.26 Å². The molecule has 1 atom stereocenters. The second-order valence-corrected chi connectivity index (χ2v) is 3.31. The van der Waals surface area contributed by atoms with Crippen molar-refractivity contribution in [3.63, 3.8) is 0 Å². The minimum Gasteiger partial charge on any atom is -0.302 e. The van der Waals surface area contributed by atoms with E-state index in [9.17, 15) is 4.79 Å². The molecule has 0 spiro atoms. The van der Waals surface area contributed by atoms with Gasteiger partial charge in [0.1, 0.15) is 12.2 Å². The van der Waals surface area contributed by atoms with Crippen molar-refractivity contribution in [3.05, 3.63) is 48.0 Å². The second-order valence-electron chi connectivity index (χ2n) is 3.31. The van der Waals surface area contributed by atoms with Crippen LogP contribution in [-0.4, -0.2) is 6.29 Å². The number of carbonyl (C=O) groups excluding carboxylic acids is 1. The largest absolute Gasteiger partial charge is 0.302 e. The quantitative estimate of drug-likeness (QED) is 0.691. The lowest BCUT2D eigenvalue weighted by molar-refractivity contribution is -0.108. The van der Waals surface area contributed by atoms with Crippen LogP contribution < -0.4 is 0 Å². The third-order valence-electron chi connectivity index (χ3n) is 2.43. The number of fused-ring (bicyclic) bond motifs is 1. The van der Waals surface area contributed by atoms with Crippen LogP contribution in [0.1, 0.15) is 11.5 Å². The Labute approximate surface area is 87.8 Å². The van der Waals surface area contributed by atoms with Gasteiger partial charge in [0.2, 0.25) is 0 Å². The van der Waals surface area contributed by atoms with Crippen molar-refractivity contribution in [3.8, 4) is 6.07 Å². The molecule has 2 rings (SSSR count). The first kappa shape index (κ1) is 9.42. The highest BCUT2D eigenvalue weighted by atomic mass is 16.1. The van der Waals surface area contributed by atoms with Gasteiger partial charge in [-0.2, -0.15) is 5.26 Å². The van der Waals surface area contributed by atoms with Crippen LogP contribution in [0.15, 0.2) is 42.5 Å². The van der Waals surface area contributed by atoms with Crippen molar-refractivity contribution in [2.24, 2.45) is 0 Å². The number of nitrogens with zero attached hydrogens (tertiary/aromatic N) is 1. The fraction of sp³-hybridized carbons (Fsp3) is 0.0769. The lowest BCUT2D eigenvalue weighted by Gasteiger charge is -2.06. The molecule has 2 aromatic carbocycles. The zero-order valence-electron chi connectivity index (χ0n) is 8.05. The molecule has 0 bridgehead atoms. The van der Waals surface area contributed by atoms with E-state index in [0.717, 1.165) is 16.3 Å². The average molecular weight is 195 g/mol. The van der Waals surface area contributed by atoms with Gasteiger partial charge in [-0.25, -0.2) is 0 Å². The molecule has 1 unspecified atom stereocenters. The van der Waals surface area contributed by atoms with Crippen molar-refractivity contribution in [2.45, 2.75) is 5.92 Å². The monoisotopic (exact) mass is 195 g/mol. The summed E-state index contributed by atoms with van der Waals surface area (Å²) in [4.78, 5) is 10.8. The summed E-state index contributed by atoms with van der Waals surface area (Å²) in [7, 11) is 0. The van der Waals surface area contributed by atoms with Crippen LogP contribution in [0.4, 0.5) is 0 Å². The first-order chi connectivity index (χ1) is 7.36. The molecule has 0 aliphatic rings. The van der Waals surface area contributed by atoms with Gasteiger partial charge >= 0.3 is 0 Å². The van der Waals surface area contributed by atoms with Crippen LogP contribution >= 0.6 is 0 Å². The Morgan fingerprint density at radius 1 is 1.13 bits per heavy atom. The SMILES string of the molecule is N#CC(C=O)c1cccc2ccccc12. The Hall–Kier alpha value is -2.14. The van der Waals surface area contributed by atoms with Crippen LogP contribution in [0.2, 0.25) is 0 Å². The van der Waals surface area contributed by atoms with E-state index in [4.69, 9.17) is 5.26 Å². The van der Waals surface area contributed by atoms with Crippen LogP contribution in [-0.2, 0) is 4.79 Å². The van der Waals surface area contributed by atoms with Gasteiger partial charge in [0.05, 0.1) is 6.07 Å². The molecular weight excluding hydrogens is 186 g/mol. The molecule has 0 heterocycles. The topological polar surface area (TPSA) is 40.9 Å². The summed E-state index contributed by atoms with van der Waals surface area (Å²) in [6, 6.07) is 15.4. The lowest BCUT2D eigenvalue weighted by Crippen LogP contribution is -1.97. The predicted octanol–water partition coefficient (Wildman–Crippen LogP) is 2.65. The van der Waals surface area contributed by atoms with Crippen molar-refractivity contribution in [2.75, 3.05) is 0 Å². The van der Waals surface area contributed by atoms with E-state index >= 15 is 0 Å². The van der Waals surface area contributed by atoms with Crippen LogP contribution in [0, 0.1) is 11.3 Å². The molecule has 0 radical (unpaired) electrons. The first-order valence-electron chi connectivity index (χ1n) is 4.69. The third kappa shape index (κ3) is 1.60. The third-order valence-corrected chi connectivity index (χ3v) is 2.43. The predicted molar refractivity (Wildman–Crippen MR) is 58.4 cm³/mol. The first-order valence-corrected chi connectivity index (χ1v) is 4.69. The fourth-order valence-electron chi connectivity index (χ4n) is 1.69. The molecule has 0 amide bonds. The fourth-order valence-corrected chi connectivity index (χ4v) is 1.69. The maximum atomic E-state index is 10.8. The molecule has 15 heavy (non-hydrogen) atoms. The van der Waals surface area contributed by atoms with Crippen molar-refractivity contribution in [1.82, 2.24) is 0 Å². The number of hydrogen-bond donors (Lipinski definition) is 0. The summed E-state index contributed by atoms with van der Waals surface area (Å²) in [6.45, 7) is 0. The van der Waals surface area contributed by atoms with Crippen LogP contribution in [0.5, 0.6) is 0 Å². The maximum Gasteiger partial charge on any atom is 0.141 e. The highest BCUT2D eigenvalue weighted by Gasteiger charge is 2.11. The highest BCUT2D eigenvalue weighted by Crippen LogP contribution is 2.23. The number of hydrogen-bond acceptors (Lipinski definition) is 2. The number of benzene rings is 2. The lowest BCUT2D eigenvalue weighted by atomic mass is 9.95. The Balaban J connectivity index is 2.71. The van der Waals surface area contributed by atoms with Crippen molar-refractivity contribution >= 4 is 17.1 Å². The van der Waals surface area contributed by atoms with Crippen molar-refractivity contribution < 1.29 is 4.79 Å². The molecule has 2 aromatic rings. The van der Waals surface area contributed by atoms with E-state index in [0.29, 0.717) is 6.29 Å². The molecule has 0 aliphatic carbocycles. The zero-order chi connectivity index (χ0) is 10.7. The molecule has 0 aliphatic heterocycles. The summed E-state index contributed by atoms with van der Waals surface area (Å²) in [5.41, 5.74) is 0.783.